The molecule has 2 aromatic rings. The molecule has 0 bridgehead atoms. The molecule has 0 spiro atoms. The molecule has 1 saturated heterocycles. The fourth-order valence-electron chi connectivity index (χ4n) is 4.38. The molecule has 0 saturated carbocycles. The lowest BCUT2D eigenvalue weighted by Gasteiger charge is -2.30. The smallest absolute Gasteiger partial charge is 0.254 e. The summed E-state index contributed by atoms with van der Waals surface area (Å²) in [6, 6.07) is 11.7. The number of phenolic OH excluding ortho intramolecular Hbond substituents is 1. The molecule has 3 amide bonds. The normalized spacial score (nSPS) is 18.9. The molecule has 5 N–H and O–H groups in total. The molecule has 194 valence electrons. The number of β-amino-alcohol motifs (C(OH)–C–C–N with tert-alkyl or cyclic N) is 1. The Morgan fingerprint density at radius 1 is 1.11 bits per heavy atom. The number of likely N-dealkylation sites (tertiary alicyclic amines) is 1. The van der Waals surface area contributed by atoms with E-state index in [1.807, 2.05) is 37.3 Å². The van der Waals surface area contributed by atoms with Crippen LogP contribution in [0.3, 0.4) is 0 Å². The molecule has 1 heterocycles. The molecular weight excluding hydrogens is 462 g/mol. The zero-order valence-corrected chi connectivity index (χ0v) is 20.7. The van der Waals surface area contributed by atoms with Crippen LogP contribution in [0.5, 0.6) is 5.75 Å². The van der Waals surface area contributed by atoms with Gasteiger partial charge in [0, 0.05) is 30.6 Å². The van der Waals surface area contributed by atoms with Crippen LogP contribution in [-0.4, -0.2) is 75.3 Å². The van der Waals surface area contributed by atoms with Gasteiger partial charge in [0.05, 0.1) is 12.1 Å². The van der Waals surface area contributed by atoms with E-state index in [1.165, 1.54) is 11.0 Å². The summed E-state index contributed by atoms with van der Waals surface area (Å²) < 4.78 is 0. The Hall–Kier alpha value is -3.43. The third kappa shape index (κ3) is 6.61. The molecule has 1 aliphatic rings. The van der Waals surface area contributed by atoms with Gasteiger partial charge < -0.3 is 30.9 Å². The number of carbonyl (C=O) groups excluding carboxylic acids is 3. The number of aliphatic hydroxyl groups is 2. The lowest BCUT2D eigenvalue weighted by Crippen LogP contribution is -2.56. The minimum absolute atomic E-state index is 0.0399. The van der Waals surface area contributed by atoms with Crippen molar-refractivity contribution in [1.29, 1.82) is 0 Å². The highest BCUT2D eigenvalue weighted by Gasteiger charge is 2.42. The van der Waals surface area contributed by atoms with E-state index in [1.54, 1.807) is 19.1 Å². The second-order valence-corrected chi connectivity index (χ2v) is 9.20. The first-order chi connectivity index (χ1) is 17.2. The highest BCUT2D eigenvalue weighted by atomic mass is 16.3. The Morgan fingerprint density at radius 3 is 2.53 bits per heavy atom. The van der Waals surface area contributed by atoms with Gasteiger partial charge in [0.1, 0.15) is 11.8 Å². The molecule has 0 aliphatic carbocycles. The number of amides is 3. The lowest BCUT2D eigenvalue weighted by atomic mass is 9.98. The van der Waals surface area contributed by atoms with E-state index in [0.717, 1.165) is 18.4 Å². The van der Waals surface area contributed by atoms with Crippen LogP contribution < -0.4 is 10.6 Å². The van der Waals surface area contributed by atoms with Crippen molar-refractivity contribution in [3.63, 3.8) is 0 Å². The van der Waals surface area contributed by atoms with Gasteiger partial charge in [0.2, 0.25) is 5.91 Å². The summed E-state index contributed by atoms with van der Waals surface area (Å²) in [5.74, 6) is -1.70. The zero-order valence-electron chi connectivity index (χ0n) is 20.7. The van der Waals surface area contributed by atoms with Crippen LogP contribution in [0.2, 0.25) is 0 Å². The quantitative estimate of drug-likeness (QED) is 0.314. The molecule has 4 atom stereocenters. The Labute approximate surface area is 211 Å². The van der Waals surface area contributed by atoms with Crippen LogP contribution in [0.4, 0.5) is 0 Å². The van der Waals surface area contributed by atoms with E-state index in [-0.39, 0.29) is 36.6 Å². The number of benzene rings is 2. The number of hydrogen-bond donors (Lipinski definition) is 5. The van der Waals surface area contributed by atoms with Gasteiger partial charge >= 0.3 is 0 Å². The van der Waals surface area contributed by atoms with Crippen LogP contribution in [-0.2, 0) is 16.0 Å². The van der Waals surface area contributed by atoms with Gasteiger partial charge in [-0.15, -0.1) is 0 Å². The fourth-order valence-corrected chi connectivity index (χ4v) is 4.38. The number of hydrogen-bond acceptors (Lipinski definition) is 6. The van der Waals surface area contributed by atoms with Crippen molar-refractivity contribution in [3.8, 4) is 5.75 Å². The van der Waals surface area contributed by atoms with Crippen molar-refractivity contribution in [2.75, 3.05) is 13.1 Å². The molecule has 0 radical (unpaired) electrons. The largest absolute Gasteiger partial charge is 0.508 e. The minimum atomic E-state index is -1.66. The molecule has 0 unspecified atom stereocenters. The van der Waals surface area contributed by atoms with E-state index in [4.69, 9.17) is 0 Å². The molecule has 3 rings (SSSR count). The first-order valence-electron chi connectivity index (χ1n) is 12.3. The summed E-state index contributed by atoms with van der Waals surface area (Å²) in [6.07, 6.45) is -0.635. The standard InChI is InChI=1S/C27H35N3O6/c1-3-4-13-28-26(35)22-15-19(31)16-30(22)27(36)24(33)21(14-18-9-6-5-7-10-18)29-25(34)20-11-8-12-23(32)17(20)2/h5-12,19,21-22,24,31-33H,3-4,13-16H2,1-2H3,(H,28,35)(H,29,34)/t19-,21+,22+,24+/m1/s1. The highest BCUT2D eigenvalue weighted by Crippen LogP contribution is 2.22. The summed E-state index contributed by atoms with van der Waals surface area (Å²) in [5.41, 5.74) is 1.39. The molecule has 1 fully saturated rings. The Morgan fingerprint density at radius 2 is 1.83 bits per heavy atom. The van der Waals surface area contributed by atoms with Gasteiger partial charge in [-0.1, -0.05) is 49.7 Å². The summed E-state index contributed by atoms with van der Waals surface area (Å²) in [6.45, 7) is 3.98. The number of aromatic hydroxyl groups is 1. The van der Waals surface area contributed by atoms with Gasteiger partial charge in [0.25, 0.3) is 11.8 Å². The summed E-state index contributed by atoms with van der Waals surface area (Å²) in [5, 5.41) is 36.9. The molecule has 9 heteroatoms. The first-order valence-corrected chi connectivity index (χ1v) is 12.3. The van der Waals surface area contributed by atoms with Crippen LogP contribution in [0.1, 0.15) is 47.7 Å². The van der Waals surface area contributed by atoms with Gasteiger partial charge in [-0.05, 0) is 37.5 Å². The van der Waals surface area contributed by atoms with Gasteiger partial charge in [0.15, 0.2) is 6.10 Å². The summed E-state index contributed by atoms with van der Waals surface area (Å²) in [4.78, 5) is 40.4. The Balaban J connectivity index is 1.82. The van der Waals surface area contributed by atoms with Crippen LogP contribution in [0, 0.1) is 6.92 Å². The second-order valence-electron chi connectivity index (χ2n) is 9.20. The van der Waals surface area contributed by atoms with Crippen molar-refractivity contribution in [3.05, 3.63) is 65.2 Å². The number of aliphatic hydroxyl groups excluding tert-OH is 2. The van der Waals surface area contributed by atoms with Crippen LogP contribution in [0.15, 0.2) is 48.5 Å². The fraction of sp³-hybridized carbons (Fsp3) is 0.444. The molecule has 0 aromatic heterocycles. The van der Waals surface area contributed by atoms with E-state index < -0.39 is 36.1 Å². The SMILES string of the molecule is CCCCNC(=O)[C@@H]1C[C@@H](O)CN1C(=O)[C@@H](O)[C@H](Cc1ccccc1)NC(=O)c1cccc(O)c1C. The maximum Gasteiger partial charge on any atom is 0.254 e. The number of rotatable bonds is 10. The van der Waals surface area contributed by atoms with E-state index in [9.17, 15) is 29.7 Å². The number of phenols is 1. The molecule has 36 heavy (non-hydrogen) atoms. The zero-order chi connectivity index (χ0) is 26.2. The number of unbranched alkanes of at least 4 members (excludes halogenated alkanes) is 1. The van der Waals surface area contributed by atoms with Crippen molar-refractivity contribution in [2.45, 2.75) is 63.8 Å². The minimum Gasteiger partial charge on any atom is -0.508 e. The molecule has 2 aromatic carbocycles. The topological polar surface area (TPSA) is 139 Å². The molecule has 9 nitrogen and oxygen atoms in total. The first kappa shape index (κ1) is 27.2. The van der Waals surface area contributed by atoms with Gasteiger partial charge in [-0.3, -0.25) is 14.4 Å². The molecule has 1 aliphatic heterocycles. The monoisotopic (exact) mass is 497 g/mol. The molecular formula is C27H35N3O6. The Bertz CT molecular complexity index is 1060. The van der Waals surface area contributed by atoms with Gasteiger partial charge in [-0.2, -0.15) is 0 Å². The Kier molecular flexibility index (Phi) is 9.44. The van der Waals surface area contributed by atoms with Crippen molar-refractivity contribution >= 4 is 17.7 Å². The van der Waals surface area contributed by atoms with Crippen molar-refractivity contribution in [1.82, 2.24) is 15.5 Å². The lowest BCUT2D eigenvalue weighted by molar-refractivity contribution is -0.146. The highest BCUT2D eigenvalue weighted by molar-refractivity contribution is 5.97. The van der Waals surface area contributed by atoms with E-state index >= 15 is 0 Å². The van der Waals surface area contributed by atoms with Gasteiger partial charge in [-0.25, -0.2) is 0 Å². The van der Waals surface area contributed by atoms with Crippen molar-refractivity contribution < 1.29 is 29.7 Å². The van der Waals surface area contributed by atoms with E-state index in [0.29, 0.717) is 12.1 Å². The second kappa shape index (κ2) is 12.5. The van der Waals surface area contributed by atoms with Crippen LogP contribution in [0.25, 0.3) is 0 Å². The number of carbonyl (C=O) groups is 3. The van der Waals surface area contributed by atoms with E-state index in [2.05, 4.69) is 10.6 Å². The average molecular weight is 498 g/mol. The third-order valence-corrected chi connectivity index (χ3v) is 6.49. The predicted molar refractivity (Wildman–Crippen MR) is 134 cm³/mol. The van der Waals surface area contributed by atoms with Crippen LogP contribution >= 0.6 is 0 Å². The summed E-state index contributed by atoms with van der Waals surface area (Å²) in [7, 11) is 0. The average Bonchev–Trinajstić information content (AvgIpc) is 3.26. The maximum atomic E-state index is 13.4. The number of nitrogens with zero attached hydrogens (tertiary/aromatic N) is 1. The number of nitrogens with one attached hydrogen (secondary N) is 2. The maximum absolute atomic E-state index is 13.4. The predicted octanol–water partition coefficient (Wildman–Crippen LogP) is 1.28. The van der Waals surface area contributed by atoms with Crippen molar-refractivity contribution in [2.24, 2.45) is 0 Å². The third-order valence-electron chi connectivity index (χ3n) is 6.49. The summed E-state index contributed by atoms with van der Waals surface area (Å²) >= 11 is 0.